The van der Waals surface area contributed by atoms with Crippen molar-refractivity contribution in [3.05, 3.63) is 35.1 Å². The number of nitrogens with zero attached hydrogens (tertiary/aromatic N) is 1. The molecule has 2 atom stereocenters. The van der Waals surface area contributed by atoms with Gasteiger partial charge in [-0.2, -0.15) is 0 Å². The summed E-state index contributed by atoms with van der Waals surface area (Å²) in [6, 6.07) is 4.48. The first-order chi connectivity index (χ1) is 7.84. The predicted molar refractivity (Wildman–Crippen MR) is 66.4 cm³/mol. The Hall–Kier alpha value is -0.860. The van der Waals surface area contributed by atoms with Crippen LogP contribution in [-0.2, 0) is 0 Å². The molecule has 2 nitrogen and oxygen atoms in total. The molecule has 0 spiro atoms. The largest absolute Gasteiger partial charge is 0.310 e. The molecule has 1 fully saturated rings. The van der Waals surface area contributed by atoms with E-state index in [4.69, 9.17) is 11.6 Å². The molecule has 0 aromatic carbocycles. The van der Waals surface area contributed by atoms with Crippen molar-refractivity contribution >= 4 is 17.2 Å². The van der Waals surface area contributed by atoms with Gasteiger partial charge in [-0.3, -0.25) is 0 Å². The number of allylic oxidation sites excluding steroid dienone is 1. The van der Waals surface area contributed by atoms with Crippen molar-refractivity contribution in [2.75, 3.05) is 6.54 Å². The molecule has 2 aliphatic rings. The third kappa shape index (κ3) is 1.76. The lowest BCUT2D eigenvalue weighted by molar-refractivity contribution is 0.346. The van der Waals surface area contributed by atoms with Gasteiger partial charge in [-0.05, 0) is 48.9 Å². The molecule has 16 heavy (non-hydrogen) atoms. The Bertz CT molecular complexity index is 410. The number of fused-ring (bicyclic) bond motifs is 1. The van der Waals surface area contributed by atoms with E-state index in [1.807, 2.05) is 12.3 Å². The highest BCUT2D eigenvalue weighted by Gasteiger charge is 2.32. The van der Waals surface area contributed by atoms with Crippen LogP contribution < -0.4 is 5.32 Å². The van der Waals surface area contributed by atoms with Crippen LogP contribution in [0, 0.1) is 5.92 Å². The lowest BCUT2D eigenvalue weighted by Gasteiger charge is -2.29. The van der Waals surface area contributed by atoms with Gasteiger partial charge in [0.1, 0.15) is 5.15 Å². The Balaban J connectivity index is 1.87. The van der Waals surface area contributed by atoms with Gasteiger partial charge in [-0.15, -0.1) is 0 Å². The van der Waals surface area contributed by atoms with Crippen LogP contribution in [0.4, 0.5) is 0 Å². The number of halogens is 1. The minimum atomic E-state index is 0.539. The average Bonchev–Trinajstić information content (AvgIpc) is 2.74. The molecule has 0 amide bonds. The van der Waals surface area contributed by atoms with E-state index >= 15 is 0 Å². The number of hydrogen-bond donors (Lipinski definition) is 1. The molecule has 2 heterocycles. The molecule has 1 aliphatic carbocycles. The van der Waals surface area contributed by atoms with Crippen molar-refractivity contribution in [1.29, 1.82) is 0 Å². The maximum Gasteiger partial charge on any atom is 0.129 e. The highest BCUT2D eigenvalue weighted by molar-refractivity contribution is 6.29. The Morgan fingerprint density at radius 2 is 2.31 bits per heavy atom. The van der Waals surface area contributed by atoms with E-state index in [1.54, 1.807) is 0 Å². The molecule has 1 aromatic heterocycles. The highest BCUT2D eigenvalue weighted by Crippen LogP contribution is 2.36. The molecule has 3 heteroatoms. The van der Waals surface area contributed by atoms with E-state index in [-0.39, 0.29) is 0 Å². The smallest absolute Gasteiger partial charge is 0.129 e. The summed E-state index contributed by atoms with van der Waals surface area (Å²) < 4.78 is 0. The van der Waals surface area contributed by atoms with E-state index in [1.165, 1.54) is 30.4 Å². The van der Waals surface area contributed by atoms with Gasteiger partial charge in [0.25, 0.3) is 0 Å². The summed E-state index contributed by atoms with van der Waals surface area (Å²) >= 11 is 5.81. The van der Waals surface area contributed by atoms with E-state index in [0.29, 0.717) is 11.2 Å². The number of rotatable bonds is 1. The third-order valence-electron chi connectivity index (χ3n) is 3.62. The minimum Gasteiger partial charge on any atom is -0.310 e. The van der Waals surface area contributed by atoms with Crippen LogP contribution in [0.15, 0.2) is 24.4 Å². The van der Waals surface area contributed by atoms with Gasteiger partial charge in [0.15, 0.2) is 0 Å². The Kier molecular flexibility index (Phi) is 2.70. The molecular formula is C13H15ClN2. The van der Waals surface area contributed by atoms with E-state index in [9.17, 15) is 0 Å². The van der Waals surface area contributed by atoms with Crippen LogP contribution in [0.25, 0.3) is 5.57 Å². The van der Waals surface area contributed by atoms with E-state index < -0.39 is 0 Å². The molecule has 0 bridgehead atoms. The zero-order valence-corrected chi connectivity index (χ0v) is 9.87. The molecule has 0 unspecified atom stereocenters. The number of aromatic nitrogens is 1. The second-order valence-electron chi connectivity index (χ2n) is 4.60. The van der Waals surface area contributed by atoms with Crippen LogP contribution in [0.2, 0.25) is 5.15 Å². The molecule has 1 N–H and O–H groups in total. The lowest BCUT2D eigenvalue weighted by Crippen LogP contribution is -2.39. The molecule has 1 aromatic rings. The second kappa shape index (κ2) is 4.19. The first kappa shape index (κ1) is 10.3. The second-order valence-corrected chi connectivity index (χ2v) is 4.99. The fourth-order valence-corrected chi connectivity index (χ4v) is 2.93. The highest BCUT2D eigenvalue weighted by atomic mass is 35.5. The summed E-state index contributed by atoms with van der Waals surface area (Å²) in [5.74, 6) is 0.791. The van der Waals surface area contributed by atoms with Crippen LogP contribution in [-0.4, -0.2) is 17.6 Å². The number of hydrogen-bond acceptors (Lipinski definition) is 2. The molecule has 0 radical (unpaired) electrons. The SMILES string of the molecule is Clc1ccc(C2=CC[C@H]3CCCN[C@@H]23)cn1. The summed E-state index contributed by atoms with van der Waals surface area (Å²) in [6.45, 7) is 1.14. The Morgan fingerprint density at radius 1 is 1.38 bits per heavy atom. The monoisotopic (exact) mass is 234 g/mol. The van der Waals surface area contributed by atoms with E-state index in [2.05, 4.69) is 22.4 Å². The fraction of sp³-hybridized carbons (Fsp3) is 0.462. The van der Waals surface area contributed by atoms with Gasteiger partial charge in [0.05, 0.1) is 0 Å². The van der Waals surface area contributed by atoms with Crippen molar-refractivity contribution in [3.63, 3.8) is 0 Å². The van der Waals surface area contributed by atoms with Gasteiger partial charge in [-0.25, -0.2) is 4.98 Å². The van der Waals surface area contributed by atoms with Crippen LogP contribution in [0.5, 0.6) is 0 Å². The van der Waals surface area contributed by atoms with Crippen LogP contribution >= 0.6 is 11.6 Å². The summed E-state index contributed by atoms with van der Waals surface area (Å²) in [6.07, 6.45) is 8.10. The van der Waals surface area contributed by atoms with Crippen molar-refractivity contribution in [2.45, 2.75) is 25.3 Å². The fourth-order valence-electron chi connectivity index (χ4n) is 2.82. The van der Waals surface area contributed by atoms with E-state index in [0.717, 1.165) is 12.5 Å². The molecule has 1 aliphatic heterocycles. The maximum absolute atomic E-state index is 5.81. The number of pyridine rings is 1. The van der Waals surface area contributed by atoms with Crippen molar-refractivity contribution in [2.24, 2.45) is 5.92 Å². The Morgan fingerprint density at radius 3 is 3.12 bits per heavy atom. The zero-order chi connectivity index (χ0) is 11.0. The maximum atomic E-state index is 5.81. The number of nitrogens with one attached hydrogen (secondary N) is 1. The van der Waals surface area contributed by atoms with Crippen molar-refractivity contribution in [3.8, 4) is 0 Å². The topological polar surface area (TPSA) is 24.9 Å². The normalized spacial score (nSPS) is 28.7. The molecule has 0 saturated carbocycles. The van der Waals surface area contributed by atoms with Gasteiger partial charge in [0, 0.05) is 12.2 Å². The predicted octanol–water partition coefficient (Wildman–Crippen LogP) is 2.89. The third-order valence-corrected chi connectivity index (χ3v) is 3.85. The summed E-state index contributed by atoms with van der Waals surface area (Å²) in [4.78, 5) is 4.16. The molecule has 3 rings (SSSR count). The summed E-state index contributed by atoms with van der Waals surface area (Å²) in [5.41, 5.74) is 2.63. The molecule has 84 valence electrons. The number of piperidine rings is 1. The van der Waals surface area contributed by atoms with Crippen LogP contribution in [0.1, 0.15) is 24.8 Å². The summed E-state index contributed by atoms with van der Waals surface area (Å²) in [7, 11) is 0. The lowest BCUT2D eigenvalue weighted by atomic mass is 9.89. The van der Waals surface area contributed by atoms with Gasteiger partial charge in [0.2, 0.25) is 0 Å². The molecular weight excluding hydrogens is 220 g/mol. The average molecular weight is 235 g/mol. The van der Waals surface area contributed by atoms with Gasteiger partial charge < -0.3 is 5.32 Å². The van der Waals surface area contributed by atoms with Crippen molar-refractivity contribution in [1.82, 2.24) is 10.3 Å². The standard InChI is InChI=1S/C13H15ClN2/c14-12-6-4-10(8-16-12)11-5-3-9-2-1-7-15-13(9)11/h4-6,8-9,13,15H,1-3,7H2/t9-,13-/m1/s1. The first-order valence-electron chi connectivity index (χ1n) is 5.90. The molecule has 1 saturated heterocycles. The zero-order valence-electron chi connectivity index (χ0n) is 9.12. The van der Waals surface area contributed by atoms with Gasteiger partial charge in [-0.1, -0.05) is 23.7 Å². The summed E-state index contributed by atoms with van der Waals surface area (Å²) in [5, 5.41) is 4.18. The minimum absolute atomic E-state index is 0.539. The Labute approximate surface area is 101 Å². The van der Waals surface area contributed by atoms with Gasteiger partial charge >= 0.3 is 0 Å². The quantitative estimate of drug-likeness (QED) is 0.756. The van der Waals surface area contributed by atoms with Crippen molar-refractivity contribution < 1.29 is 0 Å². The van der Waals surface area contributed by atoms with Crippen LogP contribution in [0.3, 0.4) is 0 Å². The first-order valence-corrected chi connectivity index (χ1v) is 6.28.